The van der Waals surface area contributed by atoms with E-state index in [4.69, 9.17) is 0 Å². The Morgan fingerprint density at radius 2 is 1.80 bits per heavy atom. The van der Waals surface area contributed by atoms with E-state index in [2.05, 4.69) is 67.2 Å². The summed E-state index contributed by atoms with van der Waals surface area (Å²) in [5, 5.41) is 0. The predicted molar refractivity (Wildman–Crippen MR) is 131 cm³/mol. The third-order valence-corrected chi connectivity index (χ3v) is 11.3. The fourth-order valence-corrected chi connectivity index (χ4v) is 8.28. The third-order valence-electron chi connectivity index (χ3n) is 11.3. The van der Waals surface area contributed by atoms with Gasteiger partial charge in [-0.2, -0.15) is 0 Å². The van der Waals surface area contributed by atoms with Crippen molar-refractivity contribution in [1.82, 2.24) is 0 Å². The molecule has 0 heteroatoms. The lowest BCUT2D eigenvalue weighted by molar-refractivity contribution is 0.0340. The van der Waals surface area contributed by atoms with Crippen LogP contribution in [0.1, 0.15) is 106 Å². The van der Waals surface area contributed by atoms with Gasteiger partial charge in [0.2, 0.25) is 0 Å². The quantitative estimate of drug-likeness (QED) is 0.398. The van der Waals surface area contributed by atoms with Crippen LogP contribution in [0.25, 0.3) is 0 Å². The maximum absolute atomic E-state index is 4.32. The molecule has 0 aromatic rings. The molecule has 0 aromatic carbocycles. The van der Waals surface area contributed by atoms with Gasteiger partial charge in [0.1, 0.15) is 0 Å². The summed E-state index contributed by atoms with van der Waals surface area (Å²) in [5.74, 6) is 4.10. The smallest absolute Gasteiger partial charge is 0.00161 e. The highest BCUT2D eigenvalue weighted by molar-refractivity contribution is 5.49. The number of allylic oxidation sites excluding steroid dienone is 5. The molecule has 30 heavy (non-hydrogen) atoms. The second kappa shape index (κ2) is 7.67. The Hall–Kier alpha value is -0.780. The molecule has 4 aliphatic rings. The van der Waals surface area contributed by atoms with Crippen molar-refractivity contribution >= 4 is 0 Å². The van der Waals surface area contributed by atoms with Gasteiger partial charge < -0.3 is 0 Å². The largest absolute Gasteiger partial charge is 0.0996 e. The van der Waals surface area contributed by atoms with Crippen molar-refractivity contribution < 1.29 is 0 Å². The number of fused-ring (bicyclic) bond motifs is 5. The van der Waals surface area contributed by atoms with Gasteiger partial charge in [-0.05, 0) is 115 Å². The Morgan fingerprint density at radius 1 is 1.07 bits per heavy atom. The second-order valence-corrected chi connectivity index (χ2v) is 12.8. The van der Waals surface area contributed by atoms with Gasteiger partial charge in [0.05, 0.1) is 0 Å². The molecular formula is C30H48. The number of rotatable bonds is 5. The van der Waals surface area contributed by atoms with Gasteiger partial charge in [-0.15, -0.1) is 0 Å². The zero-order valence-corrected chi connectivity index (χ0v) is 21.1. The lowest BCUT2D eigenvalue weighted by Gasteiger charge is -2.58. The normalized spacial score (nSPS) is 45.3. The summed E-state index contributed by atoms with van der Waals surface area (Å²) in [6.45, 7) is 21.9. The Kier molecular flexibility index (Phi) is 5.73. The van der Waals surface area contributed by atoms with E-state index in [1.165, 1.54) is 63.4 Å². The molecule has 2 fully saturated rings. The van der Waals surface area contributed by atoms with Crippen molar-refractivity contribution in [3.05, 3.63) is 35.5 Å². The highest BCUT2D eigenvalue weighted by Gasteiger charge is 2.60. The van der Waals surface area contributed by atoms with Crippen molar-refractivity contribution in [2.45, 2.75) is 106 Å². The summed E-state index contributed by atoms with van der Waals surface area (Å²) in [4.78, 5) is 0. The van der Waals surface area contributed by atoms with Crippen LogP contribution in [-0.2, 0) is 0 Å². The lowest BCUT2D eigenvalue weighted by atomic mass is 9.46. The fraction of sp³-hybridized carbons (Fsp3) is 0.800. The maximum atomic E-state index is 4.32. The standard InChI is InChI=1S/C30H48/c1-20(2)21(3)10-9-11-24-15-18-30(8)27-13-12-25-23(5)22(4)14-17-28(25,6)26(27)16-19-29(24,30)7/h13,16,20,22-25H,3,9-12,14-15,17-19H2,1-2,4-8H3. The van der Waals surface area contributed by atoms with Gasteiger partial charge in [-0.3, -0.25) is 0 Å². The predicted octanol–water partition coefficient (Wildman–Crippen LogP) is 9.14. The molecule has 0 amide bonds. The van der Waals surface area contributed by atoms with Crippen molar-refractivity contribution in [1.29, 1.82) is 0 Å². The Labute approximate surface area is 187 Å². The molecule has 0 bridgehead atoms. The first-order valence-corrected chi connectivity index (χ1v) is 13.1. The first-order chi connectivity index (χ1) is 14.0. The number of hydrogen-bond donors (Lipinski definition) is 0. The van der Waals surface area contributed by atoms with Crippen LogP contribution in [0.5, 0.6) is 0 Å². The van der Waals surface area contributed by atoms with Crippen LogP contribution < -0.4 is 0 Å². The van der Waals surface area contributed by atoms with E-state index in [1.54, 1.807) is 11.1 Å². The van der Waals surface area contributed by atoms with Gasteiger partial charge in [-0.25, -0.2) is 0 Å². The molecule has 0 nitrogen and oxygen atoms in total. The summed E-state index contributed by atoms with van der Waals surface area (Å²) >= 11 is 0. The van der Waals surface area contributed by atoms with Crippen molar-refractivity contribution in [2.75, 3.05) is 0 Å². The van der Waals surface area contributed by atoms with Crippen LogP contribution in [0, 0.1) is 45.8 Å². The average Bonchev–Trinajstić information content (AvgIpc) is 2.96. The van der Waals surface area contributed by atoms with E-state index in [1.807, 2.05) is 0 Å². The molecule has 4 rings (SSSR count). The van der Waals surface area contributed by atoms with Crippen LogP contribution in [0.2, 0.25) is 0 Å². The van der Waals surface area contributed by atoms with E-state index in [0.29, 0.717) is 22.2 Å². The minimum atomic E-state index is 0.386. The minimum Gasteiger partial charge on any atom is -0.0996 e. The van der Waals surface area contributed by atoms with E-state index in [0.717, 1.165) is 23.7 Å². The molecule has 7 atom stereocenters. The van der Waals surface area contributed by atoms with Gasteiger partial charge >= 0.3 is 0 Å². The fourth-order valence-electron chi connectivity index (χ4n) is 8.28. The molecule has 0 N–H and O–H groups in total. The second-order valence-electron chi connectivity index (χ2n) is 12.8. The molecule has 0 spiro atoms. The highest BCUT2D eigenvalue weighted by Crippen LogP contribution is 2.70. The van der Waals surface area contributed by atoms with Crippen molar-refractivity contribution in [2.24, 2.45) is 45.8 Å². The Bertz CT molecular complexity index is 750. The van der Waals surface area contributed by atoms with Crippen LogP contribution in [0.3, 0.4) is 0 Å². The summed E-state index contributed by atoms with van der Waals surface area (Å²) in [7, 11) is 0. The summed E-state index contributed by atoms with van der Waals surface area (Å²) in [5.41, 5.74) is 6.27. The first kappa shape index (κ1) is 22.4. The van der Waals surface area contributed by atoms with Gasteiger partial charge in [0.25, 0.3) is 0 Å². The molecule has 0 aromatic heterocycles. The third kappa shape index (κ3) is 3.14. The molecule has 2 saturated carbocycles. The molecule has 0 heterocycles. The molecule has 0 aliphatic heterocycles. The van der Waals surface area contributed by atoms with E-state index in [9.17, 15) is 0 Å². The summed E-state index contributed by atoms with van der Waals surface area (Å²) in [6.07, 6.45) is 17.7. The highest BCUT2D eigenvalue weighted by atomic mass is 14.6. The summed E-state index contributed by atoms with van der Waals surface area (Å²) < 4.78 is 0. The van der Waals surface area contributed by atoms with Gasteiger partial charge in [0.15, 0.2) is 0 Å². The topological polar surface area (TPSA) is 0 Å². The van der Waals surface area contributed by atoms with E-state index >= 15 is 0 Å². The first-order valence-electron chi connectivity index (χ1n) is 13.1. The maximum Gasteiger partial charge on any atom is -0.00161 e. The van der Waals surface area contributed by atoms with Crippen molar-refractivity contribution in [3.8, 4) is 0 Å². The number of hydrogen-bond acceptors (Lipinski definition) is 0. The Morgan fingerprint density at radius 3 is 2.50 bits per heavy atom. The van der Waals surface area contributed by atoms with Gasteiger partial charge in [-0.1, -0.05) is 72.8 Å². The Balaban J connectivity index is 1.58. The monoisotopic (exact) mass is 408 g/mol. The van der Waals surface area contributed by atoms with E-state index in [-0.39, 0.29) is 0 Å². The van der Waals surface area contributed by atoms with Crippen LogP contribution >= 0.6 is 0 Å². The van der Waals surface area contributed by atoms with Crippen molar-refractivity contribution in [3.63, 3.8) is 0 Å². The zero-order valence-electron chi connectivity index (χ0n) is 21.1. The van der Waals surface area contributed by atoms with Crippen LogP contribution in [-0.4, -0.2) is 0 Å². The zero-order chi connectivity index (χ0) is 21.9. The molecule has 168 valence electrons. The molecular weight excluding hydrogens is 360 g/mol. The average molecular weight is 409 g/mol. The van der Waals surface area contributed by atoms with E-state index < -0.39 is 0 Å². The SMILES string of the molecule is C=C(CCCC1CCC2(C)C3=CCC4C(C)C(C)CCC4(C)C3=CCC12C)C(C)C. The molecule has 0 radical (unpaired) electrons. The molecule has 7 unspecified atom stereocenters. The van der Waals surface area contributed by atoms with Gasteiger partial charge in [0, 0.05) is 0 Å². The molecule has 4 aliphatic carbocycles. The summed E-state index contributed by atoms with van der Waals surface area (Å²) in [6, 6.07) is 0. The molecule has 0 saturated heterocycles. The van der Waals surface area contributed by atoms with Crippen LogP contribution in [0.4, 0.5) is 0 Å². The minimum absolute atomic E-state index is 0.386. The van der Waals surface area contributed by atoms with Crippen LogP contribution in [0.15, 0.2) is 35.5 Å². The lowest BCUT2D eigenvalue weighted by Crippen LogP contribution is -2.49.